The molecule has 3 aliphatic heterocycles. The number of aromatic nitrogens is 2. The molecule has 1 unspecified atom stereocenters. The summed E-state index contributed by atoms with van der Waals surface area (Å²) in [7, 11) is 0. The standard InChI is InChI=1S/C33H43FN4O/c1-23(2)19-32(39)36-16-13-33(14-17-36,25-7-6-8-26(34)20-25)15-18-37-27-11-12-28(37)22-29(21-27)38-24(3)35-30-9-4-5-10-31(30)38/h4-10,20,23,27-29H,11-19,21-22H2,1-3H3/t27-,28+,29?. The highest BCUT2D eigenvalue weighted by molar-refractivity contribution is 5.77. The van der Waals surface area contributed by atoms with E-state index in [-0.39, 0.29) is 17.1 Å². The first-order valence-corrected chi connectivity index (χ1v) is 15.1. The molecule has 0 spiro atoms. The Labute approximate surface area is 232 Å². The van der Waals surface area contributed by atoms with Crippen molar-refractivity contribution in [2.24, 2.45) is 5.92 Å². The highest BCUT2D eigenvalue weighted by Crippen LogP contribution is 2.45. The van der Waals surface area contributed by atoms with Crippen LogP contribution >= 0.6 is 0 Å². The van der Waals surface area contributed by atoms with E-state index in [1.807, 2.05) is 11.0 Å². The molecule has 0 saturated carbocycles. The lowest BCUT2D eigenvalue weighted by Gasteiger charge is -2.46. The quantitative estimate of drug-likeness (QED) is 0.344. The molecule has 0 N–H and O–H groups in total. The summed E-state index contributed by atoms with van der Waals surface area (Å²) in [5, 5.41) is 0. The van der Waals surface area contributed by atoms with Gasteiger partial charge in [-0.15, -0.1) is 0 Å². The molecule has 39 heavy (non-hydrogen) atoms. The monoisotopic (exact) mass is 530 g/mol. The molecule has 0 radical (unpaired) electrons. The molecule has 2 aromatic carbocycles. The molecule has 3 aromatic rings. The van der Waals surface area contributed by atoms with Gasteiger partial charge in [0.15, 0.2) is 0 Å². The van der Waals surface area contributed by atoms with E-state index in [0.717, 1.165) is 55.8 Å². The van der Waals surface area contributed by atoms with E-state index in [0.29, 0.717) is 30.5 Å². The third-order valence-electron chi connectivity index (χ3n) is 9.94. The summed E-state index contributed by atoms with van der Waals surface area (Å²) in [6, 6.07) is 17.5. The zero-order valence-corrected chi connectivity index (χ0v) is 23.8. The molecule has 4 heterocycles. The predicted molar refractivity (Wildman–Crippen MR) is 154 cm³/mol. The number of fused-ring (bicyclic) bond motifs is 3. The number of para-hydroxylation sites is 2. The molecular formula is C33H43FN4O. The fourth-order valence-electron chi connectivity index (χ4n) is 7.95. The molecular weight excluding hydrogens is 487 g/mol. The van der Waals surface area contributed by atoms with Crippen molar-refractivity contribution in [1.82, 2.24) is 19.4 Å². The van der Waals surface area contributed by atoms with Crippen LogP contribution in [0.2, 0.25) is 0 Å². The van der Waals surface area contributed by atoms with Crippen molar-refractivity contribution in [3.63, 3.8) is 0 Å². The van der Waals surface area contributed by atoms with E-state index in [2.05, 4.69) is 60.6 Å². The molecule has 3 fully saturated rings. The summed E-state index contributed by atoms with van der Waals surface area (Å²) in [6.45, 7) is 8.94. The molecule has 6 rings (SSSR count). The van der Waals surface area contributed by atoms with E-state index in [4.69, 9.17) is 4.98 Å². The van der Waals surface area contributed by atoms with Crippen molar-refractivity contribution in [1.29, 1.82) is 0 Å². The van der Waals surface area contributed by atoms with Crippen molar-refractivity contribution < 1.29 is 9.18 Å². The van der Waals surface area contributed by atoms with Crippen molar-refractivity contribution >= 4 is 16.9 Å². The lowest BCUT2D eigenvalue weighted by molar-refractivity contribution is -0.133. The van der Waals surface area contributed by atoms with Crippen LogP contribution in [0.25, 0.3) is 11.0 Å². The predicted octanol–water partition coefficient (Wildman–Crippen LogP) is 6.65. The third kappa shape index (κ3) is 5.13. The third-order valence-corrected chi connectivity index (χ3v) is 9.94. The van der Waals surface area contributed by atoms with Gasteiger partial charge in [0.1, 0.15) is 11.6 Å². The Morgan fingerprint density at radius 2 is 1.74 bits per heavy atom. The van der Waals surface area contributed by atoms with Crippen LogP contribution in [0.15, 0.2) is 48.5 Å². The molecule has 6 heteroatoms. The second-order valence-electron chi connectivity index (χ2n) is 12.8. The van der Waals surface area contributed by atoms with Crippen LogP contribution < -0.4 is 0 Å². The Bertz CT molecular complexity index is 1310. The van der Waals surface area contributed by atoms with E-state index in [9.17, 15) is 9.18 Å². The largest absolute Gasteiger partial charge is 0.343 e. The smallest absolute Gasteiger partial charge is 0.222 e. The first-order valence-electron chi connectivity index (χ1n) is 15.1. The molecule has 3 saturated heterocycles. The topological polar surface area (TPSA) is 41.4 Å². The number of hydrogen-bond acceptors (Lipinski definition) is 3. The molecule has 3 atom stereocenters. The van der Waals surface area contributed by atoms with Gasteiger partial charge in [-0.2, -0.15) is 0 Å². The van der Waals surface area contributed by atoms with Gasteiger partial charge in [0.25, 0.3) is 0 Å². The van der Waals surface area contributed by atoms with Crippen LogP contribution in [0.3, 0.4) is 0 Å². The van der Waals surface area contributed by atoms with Crippen molar-refractivity contribution in [2.45, 2.75) is 95.7 Å². The Balaban J connectivity index is 1.18. The molecule has 1 amide bonds. The Kier molecular flexibility index (Phi) is 7.26. The van der Waals surface area contributed by atoms with Crippen molar-refractivity contribution in [3.8, 4) is 0 Å². The van der Waals surface area contributed by atoms with Gasteiger partial charge in [-0.1, -0.05) is 38.1 Å². The molecule has 0 aliphatic carbocycles. The highest BCUT2D eigenvalue weighted by Gasteiger charge is 2.44. The first-order chi connectivity index (χ1) is 18.8. The van der Waals surface area contributed by atoms with Gasteiger partial charge in [-0.3, -0.25) is 9.69 Å². The number of amides is 1. The van der Waals surface area contributed by atoms with Crippen LogP contribution in [0.4, 0.5) is 4.39 Å². The number of carbonyl (C=O) groups excluding carboxylic acids is 1. The zero-order valence-electron chi connectivity index (χ0n) is 23.8. The van der Waals surface area contributed by atoms with Gasteiger partial charge < -0.3 is 9.47 Å². The minimum absolute atomic E-state index is 0.0792. The van der Waals surface area contributed by atoms with Crippen LogP contribution in [0.1, 0.15) is 82.6 Å². The maximum Gasteiger partial charge on any atom is 0.222 e. The number of piperidine rings is 2. The first kappa shape index (κ1) is 26.5. The average Bonchev–Trinajstić information content (AvgIpc) is 3.38. The van der Waals surface area contributed by atoms with E-state index in [1.165, 1.54) is 31.2 Å². The number of benzene rings is 2. The van der Waals surface area contributed by atoms with Gasteiger partial charge in [0.2, 0.25) is 5.91 Å². The number of hydrogen-bond donors (Lipinski definition) is 0. The summed E-state index contributed by atoms with van der Waals surface area (Å²) in [5.74, 6) is 1.60. The van der Waals surface area contributed by atoms with Crippen LogP contribution in [0.5, 0.6) is 0 Å². The summed E-state index contributed by atoms with van der Waals surface area (Å²) in [4.78, 5) is 22.5. The fraction of sp³-hybridized carbons (Fsp3) is 0.576. The fourth-order valence-corrected chi connectivity index (χ4v) is 7.95. The minimum Gasteiger partial charge on any atom is -0.343 e. The number of carbonyl (C=O) groups is 1. The van der Waals surface area contributed by atoms with Gasteiger partial charge in [0, 0.05) is 37.6 Å². The van der Waals surface area contributed by atoms with Gasteiger partial charge in [-0.25, -0.2) is 9.37 Å². The molecule has 2 bridgehead atoms. The van der Waals surface area contributed by atoms with Crippen LogP contribution in [0, 0.1) is 18.7 Å². The maximum atomic E-state index is 14.4. The van der Waals surface area contributed by atoms with Gasteiger partial charge in [-0.05, 0) is 99.6 Å². The number of rotatable bonds is 7. The number of halogens is 1. The summed E-state index contributed by atoms with van der Waals surface area (Å²) in [6.07, 6.45) is 8.31. The average molecular weight is 531 g/mol. The maximum absolute atomic E-state index is 14.4. The summed E-state index contributed by atoms with van der Waals surface area (Å²) in [5.41, 5.74) is 3.39. The second kappa shape index (κ2) is 10.7. The Hall–Kier alpha value is -2.73. The SMILES string of the molecule is Cc1nc2ccccc2n1C1C[C@H]2CC[C@@H](C1)N2CCC1(c2cccc(F)c2)CCN(C(=O)CC(C)C)CC1. The number of likely N-dealkylation sites (tertiary alicyclic amines) is 1. The van der Waals surface area contributed by atoms with Crippen LogP contribution in [-0.4, -0.2) is 57.0 Å². The molecule has 1 aromatic heterocycles. The Morgan fingerprint density at radius 1 is 1.03 bits per heavy atom. The molecule has 208 valence electrons. The molecule has 5 nitrogen and oxygen atoms in total. The van der Waals surface area contributed by atoms with Gasteiger partial charge >= 0.3 is 0 Å². The van der Waals surface area contributed by atoms with E-state index >= 15 is 0 Å². The normalized spacial score (nSPS) is 25.1. The Morgan fingerprint density at radius 3 is 2.44 bits per heavy atom. The van der Waals surface area contributed by atoms with E-state index < -0.39 is 0 Å². The lowest BCUT2D eigenvalue weighted by atomic mass is 9.70. The zero-order chi connectivity index (χ0) is 27.1. The van der Waals surface area contributed by atoms with Crippen molar-refractivity contribution in [3.05, 3.63) is 65.7 Å². The summed E-state index contributed by atoms with van der Waals surface area (Å²) < 4.78 is 16.9. The number of aryl methyl sites for hydroxylation is 1. The summed E-state index contributed by atoms with van der Waals surface area (Å²) >= 11 is 0. The van der Waals surface area contributed by atoms with Crippen LogP contribution in [-0.2, 0) is 10.2 Å². The number of nitrogens with zero attached hydrogens (tertiary/aromatic N) is 4. The second-order valence-corrected chi connectivity index (χ2v) is 12.8. The lowest BCUT2D eigenvalue weighted by Crippen LogP contribution is -2.49. The van der Waals surface area contributed by atoms with E-state index in [1.54, 1.807) is 12.1 Å². The number of imidazole rings is 1. The highest BCUT2D eigenvalue weighted by atomic mass is 19.1. The molecule has 3 aliphatic rings. The minimum atomic E-state index is -0.158. The van der Waals surface area contributed by atoms with Gasteiger partial charge in [0.05, 0.1) is 11.0 Å². The van der Waals surface area contributed by atoms with Crippen molar-refractivity contribution in [2.75, 3.05) is 19.6 Å².